The topological polar surface area (TPSA) is 73.5 Å². The fourth-order valence-corrected chi connectivity index (χ4v) is 4.67. The predicted molar refractivity (Wildman–Crippen MR) is 132 cm³/mol. The van der Waals surface area contributed by atoms with Gasteiger partial charge in [-0.1, -0.05) is 12.1 Å². The fraction of sp³-hybridized carbons (Fsp3) is 0.0800. The molecule has 0 saturated heterocycles. The number of H-pyrrole nitrogens is 2. The normalized spacial score (nSPS) is 11.4. The van der Waals surface area contributed by atoms with E-state index in [1.54, 1.807) is 11.3 Å². The lowest BCUT2D eigenvalue weighted by Crippen LogP contribution is -2.08. The maximum Gasteiger partial charge on any atom is 0.135 e. The minimum Gasteiger partial charge on any atom is -0.376 e. The molecule has 0 saturated carbocycles. The Morgan fingerprint density at radius 2 is 1.88 bits per heavy atom. The Labute approximate surface area is 188 Å². The molecule has 5 aromatic heterocycles. The SMILES string of the molecule is CN(C)c1cncc(-c2ccc3[nH]nc(-c4cc5c(-c6ccsc6)cccc5[nH]4)c3n2)c1. The Bertz CT molecular complexity index is 1560. The summed E-state index contributed by atoms with van der Waals surface area (Å²) in [5.74, 6) is 0. The van der Waals surface area contributed by atoms with E-state index in [0.717, 1.165) is 44.9 Å². The minimum atomic E-state index is 0.811. The molecule has 0 radical (unpaired) electrons. The lowest BCUT2D eigenvalue weighted by atomic mass is 10.0. The van der Waals surface area contributed by atoms with Gasteiger partial charge in [-0.15, -0.1) is 0 Å². The molecular weight excluding hydrogens is 416 g/mol. The molecule has 0 atom stereocenters. The van der Waals surface area contributed by atoms with Crippen LogP contribution < -0.4 is 4.90 Å². The van der Waals surface area contributed by atoms with Crippen molar-refractivity contribution in [2.45, 2.75) is 0 Å². The Kier molecular flexibility index (Phi) is 4.29. The molecule has 0 amide bonds. The number of nitrogens with one attached hydrogen (secondary N) is 2. The van der Waals surface area contributed by atoms with Crippen LogP contribution in [0.3, 0.4) is 0 Å². The maximum absolute atomic E-state index is 4.95. The zero-order valence-corrected chi connectivity index (χ0v) is 18.4. The monoisotopic (exact) mass is 436 g/mol. The first-order valence-electron chi connectivity index (χ1n) is 10.3. The van der Waals surface area contributed by atoms with Crippen molar-refractivity contribution < 1.29 is 0 Å². The van der Waals surface area contributed by atoms with Gasteiger partial charge in [0.15, 0.2) is 0 Å². The van der Waals surface area contributed by atoms with Crippen LogP contribution in [0.2, 0.25) is 0 Å². The largest absolute Gasteiger partial charge is 0.376 e. The molecule has 0 spiro atoms. The summed E-state index contributed by atoms with van der Waals surface area (Å²) in [5.41, 5.74) is 9.89. The van der Waals surface area contributed by atoms with Crippen molar-refractivity contribution in [2.24, 2.45) is 0 Å². The Morgan fingerprint density at radius 1 is 0.938 bits per heavy atom. The summed E-state index contributed by atoms with van der Waals surface area (Å²) in [6, 6.07) is 16.8. The van der Waals surface area contributed by atoms with Crippen LogP contribution in [-0.2, 0) is 0 Å². The number of pyridine rings is 2. The van der Waals surface area contributed by atoms with Gasteiger partial charge in [0.25, 0.3) is 0 Å². The van der Waals surface area contributed by atoms with Gasteiger partial charge in [-0.3, -0.25) is 10.1 Å². The average molecular weight is 437 g/mol. The van der Waals surface area contributed by atoms with E-state index in [1.165, 1.54) is 16.5 Å². The highest BCUT2D eigenvalue weighted by molar-refractivity contribution is 7.08. The zero-order chi connectivity index (χ0) is 21.7. The number of thiophene rings is 1. The van der Waals surface area contributed by atoms with E-state index in [0.29, 0.717) is 0 Å². The molecule has 156 valence electrons. The quantitative estimate of drug-likeness (QED) is 0.357. The molecular formula is C25H20N6S. The third kappa shape index (κ3) is 3.06. The van der Waals surface area contributed by atoms with Gasteiger partial charge in [0, 0.05) is 36.8 Å². The van der Waals surface area contributed by atoms with Crippen LogP contribution in [0, 0.1) is 0 Å². The summed E-state index contributed by atoms with van der Waals surface area (Å²) in [4.78, 5) is 14.9. The zero-order valence-electron chi connectivity index (χ0n) is 17.6. The van der Waals surface area contributed by atoms with E-state index in [2.05, 4.69) is 67.3 Å². The molecule has 6 nitrogen and oxygen atoms in total. The first kappa shape index (κ1) is 18.8. The van der Waals surface area contributed by atoms with E-state index in [-0.39, 0.29) is 0 Å². The van der Waals surface area contributed by atoms with Crippen LogP contribution >= 0.6 is 11.3 Å². The van der Waals surface area contributed by atoms with E-state index >= 15 is 0 Å². The van der Waals surface area contributed by atoms with Gasteiger partial charge in [0.2, 0.25) is 0 Å². The summed E-state index contributed by atoms with van der Waals surface area (Å²) in [6.45, 7) is 0. The van der Waals surface area contributed by atoms with Crippen molar-refractivity contribution in [3.05, 3.63) is 71.7 Å². The smallest absolute Gasteiger partial charge is 0.135 e. The van der Waals surface area contributed by atoms with E-state index in [9.17, 15) is 0 Å². The molecule has 7 heteroatoms. The van der Waals surface area contributed by atoms with E-state index in [4.69, 9.17) is 4.98 Å². The molecule has 6 rings (SSSR count). The first-order valence-corrected chi connectivity index (χ1v) is 11.2. The summed E-state index contributed by atoms with van der Waals surface area (Å²) in [6.07, 6.45) is 3.69. The molecule has 0 aliphatic carbocycles. The molecule has 0 aliphatic heterocycles. The van der Waals surface area contributed by atoms with Gasteiger partial charge in [-0.05, 0) is 58.3 Å². The Hall–Kier alpha value is -3.97. The summed E-state index contributed by atoms with van der Waals surface area (Å²) in [5, 5.41) is 13.2. The molecule has 0 aliphatic rings. The van der Waals surface area contributed by atoms with Crippen molar-refractivity contribution >= 4 is 39.0 Å². The molecule has 0 fully saturated rings. The summed E-state index contributed by atoms with van der Waals surface area (Å²) >= 11 is 1.71. The molecule has 5 heterocycles. The lowest BCUT2D eigenvalue weighted by molar-refractivity contribution is 1.11. The third-order valence-corrected chi connectivity index (χ3v) is 6.38. The summed E-state index contributed by atoms with van der Waals surface area (Å²) in [7, 11) is 4.01. The van der Waals surface area contributed by atoms with Gasteiger partial charge in [0.05, 0.1) is 28.8 Å². The standard InChI is InChI=1S/C25H20N6S/c1-31(2)17-10-16(12-26-13-17)20-6-7-22-24(28-20)25(30-29-22)23-11-19-18(15-8-9-32-14-15)4-3-5-21(19)27-23/h3-14,27H,1-2H3,(H,29,30). The van der Waals surface area contributed by atoms with Crippen LogP contribution in [0.4, 0.5) is 5.69 Å². The number of rotatable bonds is 4. The number of nitrogens with zero attached hydrogens (tertiary/aromatic N) is 4. The molecule has 0 unspecified atom stereocenters. The third-order valence-electron chi connectivity index (χ3n) is 5.70. The van der Waals surface area contributed by atoms with Gasteiger partial charge < -0.3 is 9.88 Å². The van der Waals surface area contributed by atoms with Crippen LogP contribution in [-0.4, -0.2) is 39.2 Å². The van der Waals surface area contributed by atoms with Crippen LogP contribution in [0.15, 0.2) is 71.7 Å². The molecule has 2 N–H and O–H groups in total. The van der Waals surface area contributed by atoms with Gasteiger partial charge in [-0.25, -0.2) is 4.98 Å². The van der Waals surface area contributed by atoms with Crippen molar-refractivity contribution in [2.75, 3.05) is 19.0 Å². The Morgan fingerprint density at radius 3 is 2.72 bits per heavy atom. The second-order valence-electron chi connectivity index (χ2n) is 7.95. The second kappa shape index (κ2) is 7.32. The second-order valence-corrected chi connectivity index (χ2v) is 8.73. The molecule has 1 aromatic carbocycles. The van der Waals surface area contributed by atoms with Crippen molar-refractivity contribution in [1.29, 1.82) is 0 Å². The Balaban J connectivity index is 1.49. The summed E-state index contributed by atoms with van der Waals surface area (Å²) < 4.78 is 0. The number of anilines is 1. The van der Waals surface area contributed by atoms with Crippen LogP contribution in [0.5, 0.6) is 0 Å². The minimum absolute atomic E-state index is 0.811. The van der Waals surface area contributed by atoms with E-state index in [1.807, 2.05) is 43.5 Å². The molecule has 32 heavy (non-hydrogen) atoms. The van der Waals surface area contributed by atoms with Crippen molar-refractivity contribution in [1.82, 2.24) is 25.1 Å². The number of hydrogen-bond donors (Lipinski definition) is 2. The number of fused-ring (bicyclic) bond motifs is 2. The lowest BCUT2D eigenvalue weighted by Gasteiger charge is -2.12. The number of hydrogen-bond acceptors (Lipinski definition) is 5. The first-order chi connectivity index (χ1) is 15.7. The van der Waals surface area contributed by atoms with Crippen LogP contribution in [0.1, 0.15) is 0 Å². The molecule has 6 aromatic rings. The number of benzene rings is 1. The predicted octanol–water partition coefficient (Wildman–Crippen LogP) is 5.96. The van der Waals surface area contributed by atoms with E-state index < -0.39 is 0 Å². The van der Waals surface area contributed by atoms with Gasteiger partial charge in [0.1, 0.15) is 11.2 Å². The number of aromatic nitrogens is 5. The van der Waals surface area contributed by atoms with Crippen molar-refractivity contribution in [3.8, 4) is 33.8 Å². The van der Waals surface area contributed by atoms with Gasteiger partial charge >= 0.3 is 0 Å². The number of aromatic amines is 2. The maximum atomic E-state index is 4.95. The van der Waals surface area contributed by atoms with Crippen molar-refractivity contribution in [3.63, 3.8) is 0 Å². The molecule has 0 bridgehead atoms. The average Bonchev–Trinajstić information content (AvgIpc) is 3.57. The highest BCUT2D eigenvalue weighted by Crippen LogP contribution is 2.35. The van der Waals surface area contributed by atoms with Gasteiger partial charge in [-0.2, -0.15) is 16.4 Å². The highest BCUT2D eigenvalue weighted by Gasteiger charge is 2.15. The fourth-order valence-electron chi connectivity index (χ4n) is 4.01. The van der Waals surface area contributed by atoms with Crippen LogP contribution in [0.25, 0.3) is 55.7 Å². The highest BCUT2D eigenvalue weighted by atomic mass is 32.1.